The highest BCUT2D eigenvalue weighted by Gasteiger charge is 2.23. The normalized spacial score (nSPS) is 15.8. The first-order valence-corrected chi connectivity index (χ1v) is 7.74. The Balaban J connectivity index is 1.88. The molecule has 1 saturated carbocycles. The van der Waals surface area contributed by atoms with Gasteiger partial charge in [-0.15, -0.1) is 0 Å². The summed E-state index contributed by atoms with van der Waals surface area (Å²) in [7, 11) is 0. The number of hydrogen-bond acceptors (Lipinski definition) is 3. The fraction of sp³-hybridized carbons (Fsp3) is 0.588. The van der Waals surface area contributed by atoms with Crippen LogP contribution in [0.15, 0.2) is 24.3 Å². The van der Waals surface area contributed by atoms with Crippen molar-refractivity contribution < 1.29 is 14.6 Å². The summed E-state index contributed by atoms with van der Waals surface area (Å²) < 4.78 is 5.73. The van der Waals surface area contributed by atoms with Gasteiger partial charge in [0.25, 0.3) is 5.91 Å². The van der Waals surface area contributed by atoms with Gasteiger partial charge in [-0.2, -0.15) is 0 Å². The summed E-state index contributed by atoms with van der Waals surface area (Å²) in [6, 6.07) is 7.27. The number of amides is 1. The zero-order valence-electron chi connectivity index (χ0n) is 12.8. The number of rotatable bonds is 8. The van der Waals surface area contributed by atoms with Gasteiger partial charge in [-0.05, 0) is 43.2 Å². The molecule has 1 atom stereocenters. The molecule has 1 aliphatic rings. The van der Waals surface area contributed by atoms with Gasteiger partial charge in [0.2, 0.25) is 0 Å². The molecular weight excluding hydrogens is 266 g/mol. The van der Waals surface area contributed by atoms with E-state index in [4.69, 9.17) is 4.74 Å². The minimum Gasteiger partial charge on any atom is -0.492 e. The molecule has 2 N–H and O–H groups in total. The van der Waals surface area contributed by atoms with Crippen molar-refractivity contribution in [3.05, 3.63) is 29.8 Å². The molecule has 116 valence electrons. The lowest BCUT2D eigenvalue weighted by molar-refractivity contribution is 0.0896. The van der Waals surface area contributed by atoms with Gasteiger partial charge < -0.3 is 15.2 Å². The summed E-state index contributed by atoms with van der Waals surface area (Å²) in [6.07, 6.45) is 2.61. The molecule has 2 rings (SSSR count). The maximum Gasteiger partial charge on any atom is 0.255 e. The number of nitrogens with one attached hydrogen (secondary N) is 1. The largest absolute Gasteiger partial charge is 0.492 e. The van der Waals surface area contributed by atoms with Crippen molar-refractivity contribution in [2.45, 2.75) is 39.2 Å². The maximum atomic E-state index is 12.2. The Morgan fingerprint density at radius 1 is 1.38 bits per heavy atom. The molecule has 0 aliphatic heterocycles. The maximum absolute atomic E-state index is 12.2. The lowest BCUT2D eigenvalue weighted by atomic mass is 10.1. The fourth-order valence-electron chi connectivity index (χ4n) is 2.21. The molecular formula is C17H25NO3. The van der Waals surface area contributed by atoms with Gasteiger partial charge in [-0.1, -0.05) is 26.0 Å². The Morgan fingerprint density at radius 2 is 2.10 bits per heavy atom. The van der Waals surface area contributed by atoms with Crippen molar-refractivity contribution in [3.63, 3.8) is 0 Å². The molecule has 0 spiro atoms. The fourth-order valence-corrected chi connectivity index (χ4v) is 2.21. The third-order valence-electron chi connectivity index (χ3n) is 3.54. The number of hydrogen-bond donors (Lipinski definition) is 2. The summed E-state index contributed by atoms with van der Waals surface area (Å²) >= 11 is 0. The van der Waals surface area contributed by atoms with E-state index >= 15 is 0 Å². The van der Waals surface area contributed by atoms with Crippen molar-refractivity contribution in [2.24, 2.45) is 11.8 Å². The second-order valence-corrected chi connectivity index (χ2v) is 6.24. The van der Waals surface area contributed by atoms with Gasteiger partial charge >= 0.3 is 0 Å². The van der Waals surface area contributed by atoms with Gasteiger partial charge in [-0.25, -0.2) is 0 Å². The first kappa shape index (κ1) is 15.8. The van der Waals surface area contributed by atoms with E-state index in [-0.39, 0.29) is 12.5 Å². The van der Waals surface area contributed by atoms with Crippen LogP contribution in [0.2, 0.25) is 0 Å². The highest BCUT2D eigenvalue weighted by Crippen LogP contribution is 2.30. The van der Waals surface area contributed by atoms with Crippen molar-refractivity contribution >= 4 is 5.91 Å². The molecule has 0 heterocycles. The molecule has 0 radical (unpaired) electrons. The predicted octanol–water partition coefficient (Wildman–Crippen LogP) is 2.61. The summed E-state index contributed by atoms with van der Waals surface area (Å²) in [4.78, 5) is 12.2. The number of para-hydroxylation sites is 1. The van der Waals surface area contributed by atoms with Crippen LogP contribution in [0.1, 0.15) is 43.5 Å². The minimum absolute atomic E-state index is 0.191. The third kappa shape index (κ3) is 5.38. The Morgan fingerprint density at radius 3 is 2.76 bits per heavy atom. The first-order chi connectivity index (χ1) is 10.1. The van der Waals surface area contributed by atoms with Crippen LogP contribution in [0.25, 0.3) is 0 Å². The quantitative estimate of drug-likeness (QED) is 0.774. The van der Waals surface area contributed by atoms with Crippen LogP contribution in [-0.4, -0.2) is 30.3 Å². The topological polar surface area (TPSA) is 58.6 Å². The van der Waals surface area contributed by atoms with Crippen LogP contribution < -0.4 is 10.1 Å². The Bertz CT molecular complexity index is 469. The third-order valence-corrected chi connectivity index (χ3v) is 3.54. The van der Waals surface area contributed by atoms with E-state index in [0.29, 0.717) is 36.2 Å². The predicted molar refractivity (Wildman–Crippen MR) is 82.5 cm³/mol. The average molecular weight is 291 g/mol. The van der Waals surface area contributed by atoms with E-state index in [1.165, 1.54) is 12.8 Å². The number of ether oxygens (including phenoxy) is 1. The second-order valence-electron chi connectivity index (χ2n) is 6.24. The van der Waals surface area contributed by atoms with Crippen LogP contribution >= 0.6 is 0 Å². The van der Waals surface area contributed by atoms with Crippen LogP contribution in [0, 0.1) is 11.8 Å². The molecule has 1 fully saturated rings. The van der Waals surface area contributed by atoms with Crippen LogP contribution in [0.4, 0.5) is 0 Å². The minimum atomic E-state index is -0.506. The monoisotopic (exact) mass is 291 g/mol. The number of aliphatic hydroxyl groups excluding tert-OH is 1. The van der Waals surface area contributed by atoms with Crippen LogP contribution in [0.3, 0.4) is 0 Å². The summed E-state index contributed by atoms with van der Waals surface area (Å²) in [5.74, 6) is 1.49. The molecule has 0 bridgehead atoms. The number of carbonyl (C=O) groups excluding carboxylic acids is 1. The number of aliphatic hydroxyl groups is 1. The van der Waals surface area contributed by atoms with E-state index in [1.807, 2.05) is 32.0 Å². The van der Waals surface area contributed by atoms with E-state index in [1.54, 1.807) is 6.07 Å². The zero-order chi connectivity index (χ0) is 15.2. The SMILES string of the molecule is CC(C)CC(O)CNC(=O)c1ccccc1OCC1CC1. The molecule has 0 aromatic heterocycles. The zero-order valence-corrected chi connectivity index (χ0v) is 12.8. The Hall–Kier alpha value is -1.55. The Kier molecular flexibility index (Phi) is 5.62. The van der Waals surface area contributed by atoms with Gasteiger partial charge in [0.1, 0.15) is 5.75 Å². The smallest absolute Gasteiger partial charge is 0.255 e. The van der Waals surface area contributed by atoms with Crippen molar-refractivity contribution in [1.82, 2.24) is 5.32 Å². The van der Waals surface area contributed by atoms with Gasteiger partial charge in [0.15, 0.2) is 0 Å². The molecule has 1 amide bonds. The lowest BCUT2D eigenvalue weighted by Crippen LogP contribution is -2.33. The van der Waals surface area contributed by atoms with E-state index < -0.39 is 6.10 Å². The van der Waals surface area contributed by atoms with Crippen LogP contribution in [0.5, 0.6) is 5.75 Å². The number of carbonyl (C=O) groups is 1. The van der Waals surface area contributed by atoms with E-state index in [9.17, 15) is 9.90 Å². The second kappa shape index (κ2) is 7.46. The molecule has 4 nitrogen and oxygen atoms in total. The Labute approximate surface area is 126 Å². The van der Waals surface area contributed by atoms with Crippen molar-refractivity contribution in [1.29, 1.82) is 0 Å². The van der Waals surface area contributed by atoms with Crippen molar-refractivity contribution in [3.8, 4) is 5.75 Å². The average Bonchev–Trinajstić information content (AvgIpc) is 3.26. The summed E-state index contributed by atoms with van der Waals surface area (Å²) in [5.41, 5.74) is 0.537. The van der Waals surface area contributed by atoms with Crippen molar-refractivity contribution in [2.75, 3.05) is 13.2 Å². The molecule has 1 aliphatic carbocycles. The lowest BCUT2D eigenvalue weighted by Gasteiger charge is -2.15. The summed E-state index contributed by atoms with van der Waals surface area (Å²) in [6.45, 7) is 5.05. The van der Waals surface area contributed by atoms with Gasteiger partial charge in [-0.3, -0.25) is 4.79 Å². The molecule has 0 saturated heterocycles. The van der Waals surface area contributed by atoms with Gasteiger partial charge in [0.05, 0.1) is 18.3 Å². The highest BCUT2D eigenvalue weighted by molar-refractivity contribution is 5.96. The van der Waals surface area contributed by atoms with E-state index in [2.05, 4.69) is 5.32 Å². The van der Waals surface area contributed by atoms with E-state index in [0.717, 1.165) is 0 Å². The molecule has 1 aromatic carbocycles. The standard InChI is InChI=1S/C17H25NO3/c1-12(2)9-14(19)10-18-17(20)15-5-3-4-6-16(15)21-11-13-7-8-13/h3-6,12-14,19H,7-11H2,1-2H3,(H,18,20). The highest BCUT2D eigenvalue weighted by atomic mass is 16.5. The molecule has 1 unspecified atom stereocenters. The summed E-state index contributed by atoms with van der Waals surface area (Å²) in [5, 5.41) is 12.6. The number of benzene rings is 1. The molecule has 21 heavy (non-hydrogen) atoms. The molecule has 4 heteroatoms. The molecule has 1 aromatic rings. The van der Waals surface area contributed by atoms with Gasteiger partial charge in [0, 0.05) is 6.54 Å². The first-order valence-electron chi connectivity index (χ1n) is 7.74. The van der Waals surface area contributed by atoms with Crippen LogP contribution in [-0.2, 0) is 0 Å².